The average Bonchev–Trinajstić information content (AvgIpc) is 2.20. The van der Waals surface area contributed by atoms with Crippen LogP contribution in [0.3, 0.4) is 0 Å². The zero-order valence-corrected chi connectivity index (χ0v) is 9.61. The Bertz CT molecular complexity index is 391. The molecule has 0 aliphatic rings. The summed E-state index contributed by atoms with van der Waals surface area (Å²) in [6.45, 7) is 0.542. The normalized spacial score (nSPS) is 10.8. The van der Waals surface area contributed by atoms with Crippen LogP contribution < -0.4 is 5.73 Å². The highest BCUT2D eigenvalue weighted by Crippen LogP contribution is 2.24. The van der Waals surface area contributed by atoms with Gasteiger partial charge in [0.25, 0.3) is 5.69 Å². The average molecular weight is 271 g/mol. The lowest BCUT2D eigenvalue weighted by atomic mass is 10.1. The first-order chi connectivity index (χ1) is 7.15. The first-order valence-electron chi connectivity index (χ1n) is 4.45. The van der Waals surface area contributed by atoms with Crippen LogP contribution in [-0.2, 0) is 0 Å². The molecule has 0 aromatic heterocycles. The molecule has 0 atom stereocenters. The Balaban J connectivity index is 3.01. The number of halogens is 1. The van der Waals surface area contributed by atoms with Gasteiger partial charge >= 0.3 is 0 Å². The number of hydrogen-bond acceptors (Lipinski definition) is 3. The summed E-state index contributed by atoms with van der Waals surface area (Å²) < 4.78 is 0.699. The van der Waals surface area contributed by atoms with Gasteiger partial charge in [-0.3, -0.25) is 10.1 Å². The highest BCUT2D eigenvalue weighted by atomic mass is 79.9. The van der Waals surface area contributed by atoms with Gasteiger partial charge in [0.1, 0.15) is 0 Å². The monoisotopic (exact) mass is 270 g/mol. The van der Waals surface area contributed by atoms with E-state index in [1.54, 1.807) is 18.2 Å². The molecule has 0 aliphatic heterocycles. The molecule has 0 heterocycles. The Morgan fingerprint density at radius 1 is 1.53 bits per heavy atom. The molecule has 0 saturated heterocycles. The van der Waals surface area contributed by atoms with Gasteiger partial charge in [-0.1, -0.05) is 28.1 Å². The van der Waals surface area contributed by atoms with Crippen LogP contribution in [0.2, 0.25) is 0 Å². The molecule has 5 heteroatoms. The molecule has 0 bridgehead atoms. The topological polar surface area (TPSA) is 69.2 Å². The van der Waals surface area contributed by atoms with E-state index in [1.165, 1.54) is 6.07 Å². The van der Waals surface area contributed by atoms with Crippen LogP contribution in [0.25, 0.3) is 6.08 Å². The predicted molar refractivity (Wildman–Crippen MR) is 63.5 cm³/mol. The van der Waals surface area contributed by atoms with Crippen molar-refractivity contribution in [1.82, 2.24) is 0 Å². The fraction of sp³-hybridized carbons (Fsp3) is 0.200. The number of benzene rings is 1. The first kappa shape index (κ1) is 11.9. The van der Waals surface area contributed by atoms with Gasteiger partial charge in [0.15, 0.2) is 0 Å². The Morgan fingerprint density at radius 3 is 2.87 bits per heavy atom. The number of hydrogen-bond donors (Lipinski definition) is 1. The maximum atomic E-state index is 10.7. The molecule has 4 nitrogen and oxygen atoms in total. The molecule has 0 amide bonds. The lowest BCUT2D eigenvalue weighted by Crippen LogP contribution is -1.95. The van der Waals surface area contributed by atoms with Crippen LogP contribution in [0.5, 0.6) is 0 Å². The number of nitrogens with zero attached hydrogens (tertiary/aromatic N) is 1. The lowest BCUT2D eigenvalue weighted by molar-refractivity contribution is -0.385. The molecule has 1 aromatic rings. The minimum absolute atomic E-state index is 0.0950. The minimum atomic E-state index is -0.396. The highest BCUT2D eigenvalue weighted by molar-refractivity contribution is 9.10. The van der Waals surface area contributed by atoms with Gasteiger partial charge < -0.3 is 5.73 Å². The van der Waals surface area contributed by atoms with Crippen molar-refractivity contribution < 1.29 is 4.92 Å². The molecule has 1 rings (SSSR count). The van der Waals surface area contributed by atoms with E-state index in [2.05, 4.69) is 15.9 Å². The maximum Gasteiger partial charge on any atom is 0.277 e. The van der Waals surface area contributed by atoms with Gasteiger partial charge in [-0.2, -0.15) is 0 Å². The zero-order chi connectivity index (χ0) is 11.3. The third kappa shape index (κ3) is 3.45. The van der Waals surface area contributed by atoms with Crippen LogP contribution in [-0.4, -0.2) is 11.5 Å². The Hall–Kier alpha value is -1.20. The van der Waals surface area contributed by atoms with Gasteiger partial charge in [-0.05, 0) is 25.1 Å². The van der Waals surface area contributed by atoms with Crippen LogP contribution in [0, 0.1) is 10.1 Å². The summed E-state index contributed by atoms with van der Waals surface area (Å²) in [6.07, 6.45) is 4.26. The molecule has 80 valence electrons. The van der Waals surface area contributed by atoms with E-state index in [4.69, 9.17) is 5.73 Å². The van der Waals surface area contributed by atoms with E-state index >= 15 is 0 Å². The molecule has 0 radical (unpaired) electrons. The highest BCUT2D eigenvalue weighted by Gasteiger charge is 2.11. The zero-order valence-electron chi connectivity index (χ0n) is 8.02. The SMILES string of the molecule is NCC/C=C/c1ccc(Br)cc1[N+](=O)[O-]. The van der Waals surface area contributed by atoms with E-state index in [9.17, 15) is 10.1 Å². The van der Waals surface area contributed by atoms with E-state index in [0.29, 0.717) is 23.0 Å². The predicted octanol–water partition coefficient (Wildman–Crippen LogP) is 2.72. The summed E-state index contributed by atoms with van der Waals surface area (Å²) in [6, 6.07) is 4.96. The second-order valence-corrected chi connectivity index (χ2v) is 3.86. The maximum absolute atomic E-state index is 10.7. The molecule has 0 spiro atoms. The van der Waals surface area contributed by atoms with E-state index in [1.807, 2.05) is 6.08 Å². The molecule has 1 aromatic carbocycles. The third-order valence-corrected chi connectivity index (χ3v) is 2.31. The molecule has 0 aliphatic carbocycles. The minimum Gasteiger partial charge on any atom is -0.330 e. The van der Waals surface area contributed by atoms with Crippen molar-refractivity contribution in [2.45, 2.75) is 6.42 Å². The van der Waals surface area contributed by atoms with Crippen molar-refractivity contribution in [1.29, 1.82) is 0 Å². The summed E-state index contributed by atoms with van der Waals surface area (Å²) in [5.74, 6) is 0. The van der Waals surface area contributed by atoms with Crippen LogP contribution >= 0.6 is 15.9 Å². The molecule has 2 N–H and O–H groups in total. The molecular weight excluding hydrogens is 260 g/mol. The fourth-order valence-electron chi connectivity index (χ4n) is 1.12. The van der Waals surface area contributed by atoms with E-state index in [0.717, 1.165) is 0 Å². The summed E-state index contributed by atoms with van der Waals surface area (Å²) in [7, 11) is 0. The van der Waals surface area contributed by atoms with Crippen molar-refractivity contribution in [3.05, 3.63) is 44.4 Å². The van der Waals surface area contributed by atoms with E-state index in [-0.39, 0.29) is 5.69 Å². The molecule has 0 saturated carbocycles. The molecular formula is C10H11BrN2O2. The summed E-state index contributed by atoms with van der Waals surface area (Å²) in [5.41, 5.74) is 6.01. The Morgan fingerprint density at radius 2 is 2.27 bits per heavy atom. The number of nitro benzene ring substituents is 1. The second-order valence-electron chi connectivity index (χ2n) is 2.94. The number of nitro groups is 1. The summed E-state index contributed by atoms with van der Waals surface area (Å²) in [5, 5.41) is 10.7. The quantitative estimate of drug-likeness (QED) is 0.676. The summed E-state index contributed by atoms with van der Waals surface area (Å²) >= 11 is 3.20. The molecule has 15 heavy (non-hydrogen) atoms. The molecule has 0 fully saturated rings. The van der Waals surface area contributed by atoms with Crippen LogP contribution in [0.15, 0.2) is 28.7 Å². The first-order valence-corrected chi connectivity index (χ1v) is 5.25. The van der Waals surface area contributed by atoms with Gasteiger partial charge in [-0.25, -0.2) is 0 Å². The van der Waals surface area contributed by atoms with Gasteiger partial charge in [-0.15, -0.1) is 0 Å². The fourth-order valence-corrected chi connectivity index (χ4v) is 1.47. The number of rotatable bonds is 4. The van der Waals surface area contributed by atoms with Crippen molar-refractivity contribution in [2.24, 2.45) is 5.73 Å². The standard InChI is InChI=1S/C10H11BrN2O2/c11-9-5-4-8(3-1-2-6-12)10(7-9)13(14)15/h1,3-5,7H,2,6,12H2/b3-1+. The Labute approximate surface area is 96.1 Å². The van der Waals surface area contributed by atoms with Crippen molar-refractivity contribution in [2.75, 3.05) is 6.54 Å². The largest absolute Gasteiger partial charge is 0.330 e. The van der Waals surface area contributed by atoms with Gasteiger partial charge in [0.2, 0.25) is 0 Å². The van der Waals surface area contributed by atoms with Crippen molar-refractivity contribution in [3.63, 3.8) is 0 Å². The third-order valence-electron chi connectivity index (χ3n) is 1.82. The number of nitrogens with two attached hydrogens (primary N) is 1. The van der Waals surface area contributed by atoms with Gasteiger partial charge in [0.05, 0.1) is 10.5 Å². The van der Waals surface area contributed by atoms with E-state index < -0.39 is 4.92 Å². The lowest BCUT2D eigenvalue weighted by Gasteiger charge is -1.98. The smallest absolute Gasteiger partial charge is 0.277 e. The summed E-state index contributed by atoms with van der Waals surface area (Å²) in [4.78, 5) is 10.3. The van der Waals surface area contributed by atoms with Crippen molar-refractivity contribution >= 4 is 27.7 Å². The van der Waals surface area contributed by atoms with Crippen molar-refractivity contribution in [3.8, 4) is 0 Å². The van der Waals surface area contributed by atoms with Gasteiger partial charge in [0, 0.05) is 10.5 Å². The van der Waals surface area contributed by atoms with Crippen LogP contribution in [0.4, 0.5) is 5.69 Å². The van der Waals surface area contributed by atoms with Crippen LogP contribution in [0.1, 0.15) is 12.0 Å². The second kappa shape index (κ2) is 5.63. The Kier molecular flexibility index (Phi) is 4.45. The molecule has 0 unspecified atom stereocenters.